The number of rotatable bonds is 20. The lowest BCUT2D eigenvalue weighted by molar-refractivity contribution is -0.0404. The second-order valence-corrected chi connectivity index (χ2v) is 7.46. The molecule has 2 unspecified atom stereocenters. The summed E-state index contributed by atoms with van der Waals surface area (Å²) >= 11 is 0. The van der Waals surface area contributed by atoms with Crippen molar-refractivity contribution in [2.24, 2.45) is 0 Å². The zero-order chi connectivity index (χ0) is 18.6. The number of hydrogen-bond donors (Lipinski definition) is 3. The van der Waals surface area contributed by atoms with Gasteiger partial charge in [-0.2, -0.15) is 5.48 Å². The van der Waals surface area contributed by atoms with Crippen LogP contribution in [0, 0.1) is 0 Å². The predicted molar refractivity (Wildman–Crippen MR) is 107 cm³/mol. The number of nitrogens with one attached hydrogen (secondary N) is 1. The predicted octanol–water partition coefficient (Wildman–Crippen LogP) is 5.12. The van der Waals surface area contributed by atoms with E-state index in [1.807, 2.05) is 6.92 Å². The molecule has 0 rings (SSSR count). The first-order valence-electron chi connectivity index (χ1n) is 10.9. The summed E-state index contributed by atoms with van der Waals surface area (Å²) in [7, 11) is 0. The SMILES string of the molecule is CCCCCCCCCCCCCC(CCCC(C)O)ONCCO. The molecule has 0 saturated carbocycles. The topological polar surface area (TPSA) is 61.7 Å². The molecule has 25 heavy (non-hydrogen) atoms. The minimum atomic E-state index is -0.229. The first-order valence-corrected chi connectivity index (χ1v) is 10.9. The zero-order valence-corrected chi connectivity index (χ0v) is 17.0. The molecule has 0 aromatic carbocycles. The fraction of sp³-hybridized carbons (Fsp3) is 1.00. The number of unbranched alkanes of at least 4 members (excludes halogenated alkanes) is 10. The van der Waals surface area contributed by atoms with Crippen molar-refractivity contribution in [2.45, 2.75) is 122 Å². The molecule has 0 heterocycles. The third kappa shape index (κ3) is 20.0. The Balaban J connectivity index is 3.54. The second-order valence-electron chi connectivity index (χ2n) is 7.46. The highest BCUT2D eigenvalue weighted by Crippen LogP contribution is 2.16. The average Bonchev–Trinajstić information content (AvgIpc) is 2.59. The van der Waals surface area contributed by atoms with E-state index in [1.54, 1.807) is 0 Å². The Kier molecular flexibility index (Phi) is 20.0. The van der Waals surface area contributed by atoms with Gasteiger partial charge in [-0.3, -0.25) is 4.84 Å². The Labute approximate surface area is 156 Å². The Hall–Kier alpha value is -0.160. The second kappa shape index (κ2) is 20.2. The molecular weight excluding hydrogens is 314 g/mol. The van der Waals surface area contributed by atoms with E-state index >= 15 is 0 Å². The lowest BCUT2D eigenvalue weighted by Crippen LogP contribution is -2.26. The molecule has 0 radical (unpaired) electrons. The van der Waals surface area contributed by atoms with E-state index in [4.69, 9.17) is 9.94 Å². The van der Waals surface area contributed by atoms with Crippen molar-refractivity contribution in [3.63, 3.8) is 0 Å². The summed E-state index contributed by atoms with van der Waals surface area (Å²) in [4.78, 5) is 5.66. The van der Waals surface area contributed by atoms with E-state index in [0.717, 1.165) is 25.7 Å². The molecule has 2 atom stereocenters. The van der Waals surface area contributed by atoms with E-state index in [0.29, 0.717) is 6.54 Å². The number of aliphatic hydroxyl groups is 2. The molecule has 4 heteroatoms. The van der Waals surface area contributed by atoms with Crippen LogP contribution < -0.4 is 5.48 Å². The monoisotopic (exact) mass is 359 g/mol. The minimum absolute atomic E-state index is 0.0961. The maximum absolute atomic E-state index is 9.37. The lowest BCUT2D eigenvalue weighted by Gasteiger charge is -2.18. The van der Waals surface area contributed by atoms with Crippen LogP contribution in [0.25, 0.3) is 0 Å². The van der Waals surface area contributed by atoms with Crippen LogP contribution in [0.15, 0.2) is 0 Å². The van der Waals surface area contributed by atoms with Crippen molar-refractivity contribution >= 4 is 0 Å². The average molecular weight is 360 g/mol. The molecule has 0 bridgehead atoms. The smallest absolute Gasteiger partial charge is 0.0790 e. The fourth-order valence-corrected chi connectivity index (χ4v) is 3.16. The molecule has 4 nitrogen and oxygen atoms in total. The molecule has 0 aliphatic carbocycles. The minimum Gasteiger partial charge on any atom is -0.395 e. The molecule has 0 aromatic rings. The molecule has 0 spiro atoms. The largest absolute Gasteiger partial charge is 0.395 e. The van der Waals surface area contributed by atoms with E-state index < -0.39 is 0 Å². The Morgan fingerprint density at radius 3 is 1.80 bits per heavy atom. The fourth-order valence-electron chi connectivity index (χ4n) is 3.16. The first-order chi connectivity index (χ1) is 12.2. The quantitative estimate of drug-likeness (QED) is 0.208. The zero-order valence-electron chi connectivity index (χ0n) is 17.0. The van der Waals surface area contributed by atoms with E-state index in [-0.39, 0.29) is 18.8 Å². The maximum Gasteiger partial charge on any atom is 0.0790 e. The van der Waals surface area contributed by atoms with Gasteiger partial charge in [-0.1, -0.05) is 77.6 Å². The van der Waals surface area contributed by atoms with Crippen LogP contribution in [0.4, 0.5) is 0 Å². The van der Waals surface area contributed by atoms with E-state index in [2.05, 4.69) is 12.4 Å². The highest BCUT2D eigenvalue weighted by molar-refractivity contribution is 4.60. The van der Waals surface area contributed by atoms with Crippen molar-refractivity contribution in [1.29, 1.82) is 0 Å². The molecule has 0 aliphatic rings. The number of hydroxylamine groups is 1. The van der Waals surface area contributed by atoms with Gasteiger partial charge in [0.25, 0.3) is 0 Å². The lowest BCUT2D eigenvalue weighted by atomic mass is 10.0. The van der Waals surface area contributed by atoms with Crippen LogP contribution in [-0.4, -0.2) is 35.6 Å². The summed E-state index contributed by atoms with van der Waals surface area (Å²) in [5, 5.41) is 18.2. The summed E-state index contributed by atoms with van der Waals surface area (Å²) in [6.45, 7) is 4.68. The van der Waals surface area contributed by atoms with Crippen molar-refractivity contribution in [2.75, 3.05) is 13.2 Å². The van der Waals surface area contributed by atoms with Crippen LogP contribution in [0.5, 0.6) is 0 Å². The van der Waals surface area contributed by atoms with E-state index in [1.165, 1.54) is 70.6 Å². The van der Waals surface area contributed by atoms with Crippen LogP contribution >= 0.6 is 0 Å². The van der Waals surface area contributed by atoms with Crippen LogP contribution in [-0.2, 0) is 4.84 Å². The third-order valence-corrected chi connectivity index (χ3v) is 4.74. The van der Waals surface area contributed by atoms with Crippen LogP contribution in [0.2, 0.25) is 0 Å². The number of aliphatic hydroxyl groups excluding tert-OH is 2. The van der Waals surface area contributed by atoms with Crippen LogP contribution in [0.1, 0.15) is 110 Å². The molecule has 0 aliphatic heterocycles. The van der Waals surface area contributed by atoms with Gasteiger partial charge >= 0.3 is 0 Å². The molecule has 152 valence electrons. The summed E-state index contributed by atoms with van der Waals surface area (Å²) in [5.41, 5.74) is 2.85. The number of hydrogen-bond acceptors (Lipinski definition) is 4. The molecule has 0 saturated heterocycles. The van der Waals surface area contributed by atoms with Gasteiger partial charge in [-0.25, -0.2) is 0 Å². The van der Waals surface area contributed by atoms with Crippen molar-refractivity contribution in [1.82, 2.24) is 5.48 Å². The summed E-state index contributed by atoms with van der Waals surface area (Å²) in [6, 6.07) is 0. The molecule has 0 fully saturated rings. The summed E-state index contributed by atoms with van der Waals surface area (Å²) in [6.07, 6.45) is 18.8. The van der Waals surface area contributed by atoms with Gasteiger partial charge in [0.1, 0.15) is 0 Å². The maximum atomic E-state index is 9.37. The Morgan fingerprint density at radius 1 is 0.760 bits per heavy atom. The standard InChI is InChI=1S/C21H45NO3/c1-3-4-5-6-7-8-9-10-11-12-13-16-21(25-22-18-19-23)17-14-15-20(2)24/h20-24H,3-19H2,1-2H3. The van der Waals surface area contributed by atoms with Crippen molar-refractivity contribution in [3.05, 3.63) is 0 Å². The molecule has 0 aromatic heterocycles. The van der Waals surface area contributed by atoms with Gasteiger partial charge in [-0.05, 0) is 32.6 Å². The van der Waals surface area contributed by atoms with Gasteiger partial charge in [0.2, 0.25) is 0 Å². The summed E-state index contributed by atoms with van der Waals surface area (Å²) in [5.74, 6) is 0. The molecule has 3 N–H and O–H groups in total. The summed E-state index contributed by atoms with van der Waals surface area (Å²) < 4.78 is 0. The van der Waals surface area contributed by atoms with Crippen molar-refractivity contribution < 1.29 is 15.1 Å². The first kappa shape index (κ1) is 24.8. The van der Waals surface area contributed by atoms with Gasteiger partial charge in [0.05, 0.1) is 18.8 Å². The van der Waals surface area contributed by atoms with E-state index in [9.17, 15) is 5.11 Å². The highest BCUT2D eigenvalue weighted by Gasteiger charge is 2.10. The normalized spacial score (nSPS) is 13.9. The Morgan fingerprint density at radius 2 is 1.28 bits per heavy atom. The molecule has 0 amide bonds. The van der Waals surface area contributed by atoms with Gasteiger partial charge in [-0.15, -0.1) is 0 Å². The molecular formula is C21H45NO3. The van der Waals surface area contributed by atoms with Gasteiger partial charge in [0, 0.05) is 6.54 Å². The highest BCUT2D eigenvalue weighted by atomic mass is 16.7. The van der Waals surface area contributed by atoms with Gasteiger partial charge in [0.15, 0.2) is 0 Å². The van der Waals surface area contributed by atoms with Gasteiger partial charge < -0.3 is 10.2 Å². The van der Waals surface area contributed by atoms with Crippen molar-refractivity contribution in [3.8, 4) is 0 Å². The van der Waals surface area contributed by atoms with Crippen LogP contribution in [0.3, 0.4) is 0 Å². The Bertz CT molecular complexity index is 249. The third-order valence-electron chi connectivity index (χ3n) is 4.74.